The number of hydrogen-bond donors (Lipinski definition) is 1. The van der Waals surface area contributed by atoms with Gasteiger partial charge in [-0.1, -0.05) is 0 Å². The van der Waals surface area contributed by atoms with Crippen molar-refractivity contribution in [3.63, 3.8) is 0 Å². The lowest BCUT2D eigenvalue weighted by Gasteiger charge is -2.19. The second-order valence-electron chi connectivity index (χ2n) is 8.02. The Bertz CT molecular complexity index is 434. The van der Waals surface area contributed by atoms with E-state index in [0.717, 1.165) is 0 Å². The highest BCUT2D eigenvalue weighted by molar-refractivity contribution is 5.69. The van der Waals surface area contributed by atoms with Crippen LogP contribution in [0.5, 0.6) is 0 Å². The molecular formula is C23H47NO10. The van der Waals surface area contributed by atoms with Gasteiger partial charge in [0.15, 0.2) is 0 Å². The van der Waals surface area contributed by atoms with E-state index in [1.54, 1.807) is 0 Å². The SMILES string of the molecule is CC(C)(C)OC(=O)CCOCCOCCOCCOCCOCCOCCOCCOCCN. The third kappa shape index (κ3) is 29.1. The van der Waals surface area contributed by atoms with Gasteiger partial charge in [0, 0.05) is 6.54 Å². The second-order valence-corrected chi connectivity index (χ2v) is 8.02. The third-order valence-corrected chi connectivity index (χ3v) is 3.74. The molecule has 0 radical (unpaired) electrons. The van der Waals surface area contributed by atoms with Gasteiger partial charge in [-0.3, -0.25) is 4.79 Å². The summed E-state index contributed by atoms with van der Waals surface area (Å²) in [7, 11) is 0. The minimum atomic E-state index is -0.466. The molecule has 0 saturated carbocycles. The summed E-state index contributed by atoms with van der Waals surface area (Å²) in [6.45, 7) is 14.0. The summed E-state index contributed by atoms with van der Waals surface area (Å²) in [5.41, 5.74) is 4.85. The summed E-state index contributed by atoms with van der Waals surface area (Å²) in [6, 6.07) is 0. The van der Waals surface area contributed by atoms with Gasteiger partial charge in [-0.25, -0.2) is 0 Å². The Morgan fingerprint density at radius 1 is 0.500 bits per heavy atom. The Morgan fingerprint density at radius 2 is 0.765 bits per heavy atom. The van der Waals surface area contributed by atoms with Crippen molar-refractivity contribution in [3.8, 4) is 0 Å². The number of esters is 1. The van der Waals surface area contributed by atoms with E-state index in [1.165, 1.54) is 0 Å². The van der Waals surface area contributed by atoms with Gasteiger partial charge in [-0.15, -0.1) is 0 Å². The van der Waals surface area contributed by atoms with E-state index in [0.29, 0.717) is 112 Å². The van der Waals surface area contributed by atoms with Crippen LogP contribution in [0.4, 0.5) is 0 Å². The first-order valence-corrected chi connectivity index (χ1v) is 12.0. The van der Waals surface area contributed by atoms with Crippen LogP contribution in [0.15, 0.2) is 0 Å². The van der Waals surface area contributed by atoms with Crippen molar-refractivity contribution < 1.29 is 47.4 Å². The molecule has 0 heterocycles. The van der Waals surface area contributed by atoms with Crippen molar-refractivity contribution in [1.82, 2.24) is 0 Å². The second kappa shape index (κ2) is 25.2. The fourth-order valence-corrected chi connectivity index (χ4v) is 2.27. The first kappa shape index (κ1) is 33.1. The van der Waals surface area contributed by atoms with Gasteiger partial charge in [0.2, 0.25) is 0 Å². The molecule has 0 bridgehead atoms. The Kier molecular flexibility index (Phi) is 24.6. The van der Waals surface area contributed by atoms with Crippen molar-refractivity contribution in [1.29, 1.82) is 0 Å². The van der Waals surface area contributed by atoms with E-state index in [-0.39, 0.29) is 12.4 Å². The van der Waals surface area contributed by atoms with E-state index in [2.05, 4.69) is 0 Å². The molecule has 204 valence electrons. The third-order valence-electron chi connectivity index (χ3n) is 3.74. The summed E-state index contributed by atoms with van der Waals surface area (Å²) in [6.07, 6.45) is 0.238. The highest BCUT2D eigenvalue weighted by Gasteiger charge is 2.15. The molecule has 11 nitrogen and oxygen atoms in total. The number of nitrogens with two attached hydrogens (primary N) is 1. The Labute approximate surface area is 204 Å². The zero-order valence-electron chi connectivity index (χ0n) is 21.4. The average molecular weight is 498 g/mol. The Balaban J connectivity index is 3.10. The minimum absolute atomic E-state index is 0.238. The quantitative estimate of drug-likeness (QED) is 0.135. The predicted octanol–water partition coefficient (Wildman–Crippen LogP) is 0.810. The molecule has 0 atom stereocenters. The van der Waals surface area contributed by atoms with Gasteiger partial charge < -0.3 is 48.4 Å². The zero-order chi connectivity index (χ0) is 25.2. The van der Waals surface area contributed by atoms with Gasteiger partial charge >= 0.3 is 5.97 Å². The molecule has 0 aliphatic carbocycles. The lowest BCUT2D eigenvalue weighted by atomic mass is 10.2. The smallest absolute Gasteiger partial charge is 0.308 e. The molecule has 0 fully saturated rings. The number of ether oxygens (including phenoxy) is 9. The molecule has 0 saturated heterocycles. The molecule has 0 aliphatic rings. The number of rotatable bonds is 26. The van der Waals surface area contributed by atoms with Crippen molar-refractivity contribution in [2.45, 2.75) is 32.8 Å². The van der Waals surface area contributed by atoms with Gasteiger partial charge in [-0.05, 0) is 20.8 Å². The Morgan fingerprint density at radius 3 is 1.03 bits per heavy atom. The monoisotopic (exact) mass is 497 g/mol. The highest BCUT2D eigenvalue weighted by atomic mass is 16.6. The summed E-state index contributed by atoms with van der Waals surface area (Å²) < 4.78 is 48.1. The topological polar surface area (TPSA) is 126 Å². The minimum Gasteiger partial charge on any atom is -0.460 e. The maximum Gasteiger partial charge on any atom is 0.308 e. The number of hydrogen-bond acceptors (Lipinski definition) is 11. The van der Waals surface area contributed by atoms with E-state index < -0.39 is 5.60 Å². The highest BCUT2D eigenvalue weighted by Crippen LogP contribution is 2.07. The largest absolute Gasteiger partial charge is 0.460 e. The summed E-state index contributed by atoms with van der Waals surface area (Å²) >= 11 is 0. The van der Waals surface area contributed by atoms with E-state index >= 15 is 0 Å². The molecule has 0 aliphatic heterocycles. The standard InChI is InChI=1S/C23H47NO10/c1-23(2,3)34-22(25)4-6-26-8-10-28-12-14-30-16-18-32-20-21-33-19-17-31-15-13-29-11-9-27-7-5-24/h4-21,24H2,1-3H3. The van der Waals surface area contributed by atoms with Crippen LogP contribution in [-0.4, -0.2) is 124 Å². The van der Waals surface area contributed by atoms with Crippen LogP contribution in [0.25, 0.3) is 0 Å². The van der Waals surface area contributed by atoms with E-state index in [9.17, 15) is 4.79 Å². The molecule has 0 unspecified atom stereocenters. The summed E-state index contributed by atoms with van der Waals surface area (Å²) in [5, 5.41) is 0. The molecule has 0 aromatic carbocycles. The van der Waals surface area contributed by atoms with Crippen LogP contribution >= 0.6 is 0 Å². The normalized spacial score (nSPS) is 11.8. The lowest BCUT2D eigenvalue weighted by Crippen LogP contribution is -2.24. The molecule has 2 N–H and O–H groups in total. The van der Waals surface area contributed by atoms with E-state index in [4.69, 9.17) is 48.4 Å². The van der Waals surface area contributed by atoms with Crippen molar-refractivity contribution in [3.05, 3.63) is 0 Å². The molecular weight excluding hydrogens is 450 g/mol. The van der Waals surface area contributed by atoms with Gasteiger partial charge in [0.25, 0.3) is 0 Å². The van der Waals surface area contributed by atoms with Gasteiger partial charge in [0.05, 0.1) is 112 Å². The lowest BCUT2D eigenvalue weighted by molar-refractivity contribution is -0.156. The first-order chi connectivity index (χ1) is 16.5. The van der Waals surface area contributed by atoms with Crippen molar-refractivity contribution in [2.75, 3.05) is 112 Å². The van der Waals surface area contributed by atoms with Crippen LogP contribution in [0.1, 0.15) is 27.2 Å². The van der Waals surface area contributed by atoms with Crippen LogP contribution in [-0.2, 0) is 47.4 Å². The molecule has 34 heavy (non-hydrogen) atoms. The van der Waals surface area contributed by atoms with Crippen LogP contribution < -0.4 is 5.73 Å². The van der Waals surface area contributed by atoms with E-state index in [1.807, 2.05) is 20.8 Å². The van der Waals surface area contributed by atoms with Crippen LogP contribution in [0, 0.1) is 0 Å². The zero-order valence-corrected chi connectivity index (χ0v) is 21.4. The summed E-state index contributed by atoms with van der Waals surface area (Å²) in [5.74, 6) is -0.261. The predicted molar refractivity (Wildman–Crippen MR) is 126 cm³/mol. The fraction of sp³-hybridized carbons (Fsp3) is 0.957. The molecule has 0 aromatic heterocycles. The molecule has 0 aromatic rings. The van der Waals surface area contributed by atoms with Crippen LogP contribution in [0.3, 0.4) is 0 Å². The summed E-state index contributed by atoms with van der Waals surface area (Å²) in [4.78, 5) is 11.5. The molecule has 11 heteroatoms. The number of carbonyl (C=O) groups is 1. The average Bonchev–Trinajstić information content (AvgIpc) is 2.78. The first-order valence-electron chi connectivity index (χ1n) is 12.0. The maximum absolute atomic E-state index is 11.5. The molecule has 0 amide bonds. The Hall–Kier alpha value is -0.890. The molecule has 0 spiro atoms. The fourth-order valence-electron chi connectivity index (χ4n) is 2.27. The van der Waals surface area contributed by atoms with Crippen molar-refractivity contribution >= 4 is 5.97 Å². The van der Waals surface area contributed by atoms with Gasteiger partial charge in [0.1, 0.15) is 5.60 Å². The number of carbonyl (C=O) groups excluding carboxylic acids is 1. The van der Waals surface area contributed by atoms with Crippen LogP contribution in [0.2, 0.25) is 0 Å². The van der Waals surface area contributed by atoms with Gasteiger partial charge in [-0.2, -0.15) is 0 Å². The molecule has 0 rings (SSSR count). The van der Waals surface area contributed by atoms with Crippen molar-refractivity contribution in [2.24, 2.45) is 5.73 Å². The maximum atomic E-state index is 11.5.